The topological polar surface area (TPSA) is 93.1 Å². The molecule has 0 aliphatic rings. The zero-order chi connectivity index (χ0) is 22.7. The molecule has 0 aliphatic carbocycles. The van der Waals surface area contributed by atoms with Gasteiger partial charge in [-0.15, -0.1) is 0 Å². The van der Waals surface area contributed by atoms with Crippen molar-refractivity contribution in [3.63, 3.8) is 0 Å². The summed E-state index contributed by atoms with van der Waals surface area (Å²) in [5, 5.41) is 6.11. The van der Waals surface area contributed by atoms with Gasteiger partial charge in [0.05, 0.1) is 16.1 Å². The molecule has 8 heteroatoms. The van der Waals surface area contributed by atoms with Crippen LogP contribution in [0.5, 0.6) is 0 Å². The number of carbonyl (C=O) groups excluding carboxylic acids is 2. The van der Waals surface area contributed by atoms with Gasteiger partial charge >= 0.3 is 0 Å². The number of hydrogen-bond acceptors (Lipinski definition) is 4. The monoisotopic (exact) mass is 446 g/mol. The molecule has 2 heterocycles. The Kier molecular flexibility index (Phi) is 6.00. The highest BCUT2D eigenvalue weighted by Gasteiger charge is 2.18. The van der Waals surface area contributed by atoms with E-state index < -0.39 is 11.3 Å². The fourth-order valence-electron chi connectivity index (χ4n) is 3.27. The van der Waals surface area contributed by atoms with E-state index in [1.807, 2.05) is 6.07 Å². The maximum absolute atomic E-state index is 13.0. The molecule has 0 spiro atoms. The average Bonchev–Trinajstić information content (AvgIpc) is 2.78. The minimum absolute atomic E-state index is 0.0856. The molecule has 32 heavy (non-hydrogen) atoms. The number of carbonyl (C=O) groups is 2. The van der Waals surface area contributed by atoms with Gasteiger partial charge in [0, 0.05) is 17.6 Å². The van der Waals surface area contributed by atoms with Crippen LogP contribution >= 0.6 is 11.6 Å². The molecule has 7 nitrogen and oxygen atoms in total. The van der Waals surface area contributed by atoms with Crippen LogP contribution in [0.1, 0.15) is 16.1 Å². The first-order valence-electron chi connectivity index (χ1n) is 9.84. The van der Waals surface area contributed by atoms with Crippen molar-refractivity contribution in [2.75, 3.05) is 10.6 Å². The second-order valence-corrected chi connectivity index (χ2v) is 7.58. The fourth-order valence-corrected chi connectivity index (χ4v) is 3.45. The molecule has 160 valence electrons. The van der Waals surface area contributed by atoms with Gasteiger partial charge in [-0.1, -0.05) is 41.9 Å². The summed E-state index contributed by atoms with van der Waals surface area (Å²) in [6, 6.07) is 19.0. The summed E-state index contributed by atoms with van der Waals surface area (Å²) < 4.78 is 1.50. The summed E-state index contributed by atoms with van der Waals surface area (Å²) in [7, 11) is 0. The summed E-state index contributed by atoms with van der Waals surface area (Å²) in [4.78, 5) is 43.0. The average molecular weight is 447 g/mol. The van der Waals surface area contributed by atoms with E-state index in [0.717, 1.165) is 0 Å². The lowest BCUT2D eigenvalue weighted by Crippen LogP contribution is -2.27. The Morgan fingerprint density at radius 2 is 1.69 bits per heavy atom. The van der Waals surface area contributed by atoms with E-state index in [1.165, 1.54) is 10.8 Å². The van der Waals surface area contributed by atoms with Gasteiger partial charge < -0.3 is 15.2 Å². The van der Waals surface area contributed by atoms with E-state index in [9.17, 15) is 14.4 Å². The summed E-state index contributed by atoms with van der Waals surface area (Å²) in [5.74, 6) is -0.940. The second-order valence-electron chi connectivity index (χ2n) is 7.17. The van der Waals surface area contributed by atoms with Gasteiger partial charge in [0.25, 0.3) is 5.91 Å². The lowest BCUT2D eigenvalue weighted by Gasteiger charge is -2.14. The fraction of sp³-hybridized carbons (Fsp3) is 0.0833. The Morgan fingerprint density at radius 3 is 2.44 bits per heavy atom. The van der Waals surface area contributed by atoms with Crippen molar-refractivity contribution in [1.29, 1.82) is 0 Å². The maximum Gasteiger partial charge on any atom is 0.261 e. The molecule has 0 aliphatic heterocycles. The molecule has 4 aromatic rings. The lowest BCUT2D eigenvalue weighted by molar-refractivity contribution is -0.116. The van der Waals surface area contributed by atoms with Crippen LogP contribution in [0.4, 0.5) is 11.4 Å². The Balaban J connectivity index is 1.72. The minimum Gasteiger partial charge on any atom is -0.323 e. The van der Waals surface area contributed by atoms with Crippen molar-refractivity contribution in [1.82, 2.24) is 9.55 Å². The van der Waals surface area contributed by atoms with Crippen LogP contribution in [0.2, 0.25) is 5.02 Å². The number of nitrogens with zero attached hydrogens (tertiary/aromatic N) is 2. The van der Waals surface area contributed by atoms with Crippen LogP contribution in [-0.2, 0) is 11.3 Å². The van der Waals surface area contributed by atoms with Gasteiger partial charge in [-0.25, -0.2) is 4.98 Å². The number of rotatable bonds is 5. The smallest absolute Gasteiger partial charge is 0.261 e. The number of aromatic nitrogens is 2. The number of fused-ring (bicyclic) bond motifs is 1. The number of hydrogen-bond donors (Lipinski definition) is 2. The normalized spacial score (nSPS) is 10.7. The summed E-state index contributed by atoms with van der Waals surface area (Å²) in [6.45, 7) is 1.62. The van der Waals surface area contributed by atoms with Crippen molar-refractivity contribution in [3.8, 4) is 0 Å². The predicted octanol–water partition coefficient (Wildman–Crippen LogP) is 4.25. The first kappa shape index (κ1) is 21.3. The molecule has 0 saturated heterocycles. The Bertz CT molecular complexity index is 1380. The van der Waals surface area contributed by atoms with Crippen LogP contribution in [0, 0.1) is 6.92 Å². The molecule has 0 bridgehead atoms. The van der Waals surface area contributed by atoms with Crippen molar-refractivity contribution in [2.24, 2.45) is 0 Å². The molecule has 0 atom stereocenters. The van der Waals surface area contributed by atoms with Gasteiger partial charge in [0.2, 0.25) is 11.3 Å². The van der Waals surface area contributed by atoms with Crippen molar-refractivity contribution >= 4 is 45.8 Å². The van der Waals surface area contributed by atoms with Gasteiger partial charge in [-0.2, -0.15) is 0 Å². The number of halogens is 1. The third-order valence-corrected chi connectivity index (χ3v) is 5.13. The molecule has 0 fully saturated rings. The molecule has 0 unspecified atom stereocenters. The molecule has 4 rings (SSSR count). The van der Waals surface area contributed by atoms with Crippen molar-refractivity contribution in [3.05, 3.63) is 99.4 Å². The number of aryl methyl sites for hydroxylation is 1. The predicted molar refractivity (Wildman–Crippen MR) is 125 cm³/mol. The zero-order valence-corrected chi connectivity index (χ0v) is 17.9. The summed E-state index contributed by atoms with van der Waals surface area (Å²) >= 11 is 6.12. The highest BCUT2D eigenvalue weighted by atomic mass is 35.5. The number of pyridine rings is 2. The van der Waals surface area contributed by atoms with E-state index in [0.29, 0.717) is 27.7 Å². The maximum atomic E-state index is 13.0. The molecular formula is C24H19ClN4O3. The quantitative estimate of drug-likeness (QED) is 0.479. The van der Waals surface area contributed by atoms with E-state index in [4.69, 9.17) is 11.6 Å². The van der Waals surface area contributed by atoms with E-state index >= 15 is 0 Å². The summed E-state index contributed by atoms with van der Waals surface area (Å²) in [6.07, 6.45) is 1.36. The van der Waals surface area contributed by atoms with Crippen LogP contribution < -0.4 is 16.1 Å². The molecule has 2 aromatic carbocycles. The Morgan fingerprint density at radius 1 is 0.969 bits per heavy atom. The number of benzene rings is 2. The third kappa shape index (κ3) is 4.53. The van der Waals surface area contributed by atoms with Gasteiger partial charge in [0.15, 0.2) is 0 Å². The zero-order valence-electron chi connectivity index (χ0n) is 17.1. The first-order valence-corrected chi connectivity index (χ1v) is 10.2. The highest BCUT2D eigenvalue weighted by molar-refractivity contribution is 6.33. The van der Waals surface area contributed by atoms with Crippen molar-refractivity contribution in [2.45, 2.75) is 13.5 Å². The first-order chi connectivity index (χ1) is 15.4. The van der Waals surface area contributed by atoms with Gasteiger partial charge in [-0.05, 0) is 43.3 Å². The third-order valence-electron chi connectivity index (χ3n) is 4.80. The number of anilines is 2. The molecule has 0 radical (unpaired) electrons. The number of para-hydroxylation sites is 2. The lowest BCUT2D eigenvalue weighted by atomic mass is 10.1. The van der Waals surface area contributed by atoms with Crippen LogP contribution in [0.25, 0.3) is 11.0 Å². The van der Waals surface area contributed by atoms with E-state index in [1.54, 1.807) is 67.6 Å². The number of amides is 2. The largest absolute Gasteiger partial charge is 0.323 e. The molecular weight excluding hydrogens is 428 g/mol. The minimum atomic E-state index is -0.566. The van der Waals surface area contributed by atoms with Gasteiger partial charge in [-0.3, -0.25) is 14.4 Å². The second kappa shape index (κ2) is 9.03. The van der Waals surface area contributed by atoms with Crippen LogP contribution in [-0.4, -0.2) is 21.4 Å². The Labute approximate surface area is 188 Å². The standard InChI is InChI=1S/C24H19ClN4O3/c1-15-11-12-17-22(31)18(24(32)27-16-7-3-2-4-8-16)13-29(23(17)26-15)14-21(30)28-20-10-6-5-9-19(20)25/h2-13H,14H2,1H3,(H,27,32)(H,28,30). The molecule has 2 aromatic heterocycles. The molecule has 2 amide bonds. The Hall–Kier alpha value is -3.97. The van der Waals surface area contributed by atoms with Crippen molar-refractivity contribution < 1.29 is 9.59 Å². The summed E-state index contributed by atoms with van der Waals surface area (Å²) in [5.41, 5.74) is 1.48. The van der Waals surface area contributed by atoms with Gasteiger partial charge in [0.1, 0.15) is 17.8 Å². The molecule has 0 saturated carbocycles. The van der Waals surface area contributed by atoms with E-state index in [-0.39, 0.29) is 23.4 Å². The van der Waals surface area contributed by atoms with Crippen LogP contribution in [0.3, 0.4) is 0 Å². The SMILES string of the molecule is Cc1ccc2c(=O)c(C(=O)Nc3ccccc3)cn(CC(=O)Nc3ccccc3Cl)c2n1. The number of nitrogens with one attached hydrogen (secondary N) is 2. The van der Waals surface area contributed by atoms with E-state index in [2.05, 4.69) is 15.6 Å². The molecule has 2 N–H and O–H groups in total. The highest BCUT2D eigenvalue weighted by Crippen LogP contribution is 2.20. The van der Waals surface area contributed by atoms with Crippen LogP contribution in [0.15, 0.2) is 77.7 Å².